The summed E-state index contributed by atoms with van der Waals surface area (Å²) in [6.45, 7) is 7.69. The highest BCUT2D eigenvalue weighted by molar-refractivity contribution is 5.76. The first-order valence-electron chi connectivity index (χ1n) is 9.70. The lowest BCUT2D eigenvalue weighted by atomic mass is 10.2. The maximum absolute atomic E-state index is 12.8. The van der Waals surface area contributed by atoms with E-state index in [-0.39, 0.29) is 5.91 Å². The Bertz CT molecular complexity index is 506. The number of likely N-dealkylation sites (tertiary alicyclic amines) is 1. The summed E-state index contributed by atoms with van der Waals surface area (Å²) in [6, 6.07) is 0. The summed E-state index contributed by atoms with van der Waals surface area (Å²) in [5.74, 6) is 0.249. The second-order valence-electron chi connectivity index (χ2n) is 7.45. The molecule has 1 aromatic heterocycles. The van der Waals surface area contributed by atoms with Crippen molar-refractivity contribution in [3.63, 3.8) is 0 Å². The third kappa shape index (κ3) is 7.16. The van der Waals surface area contributed by atoms with Crippen molar-refractivity contribution in [2.24, 2.45) is 0 Å². The number of nitrogens with one attached hydrogen (secondary N) is 1. The lowest BCUT2D eigenvalue weighted by Crippen LogP contribution is -2.37. The lowest BCUT2D eigenvalue weighted by molar-refractivity contribution is -0.132. The number of aromatic nitrogens is 2. The molecule has 0 radical (unpaired) electrons. The number of H-pyrrole nitrogens is 1. The summed E-state index contributed by atoms with van der Waals surface area (Å²) in [4.78, 5) is 26.8. The van der Waals surface area contributed by atoms with E-state index in [1.807, 2.05) is 25.9 Å². The average Bonchev–Trinajstić information content (AvgIpc) is 2.82. The van der Waals surface area contributed by atoms with Crippen molar-refractivity contribution < 1.29 is 4.79 Å². The topological polar surface area (TPSA) is 55.5 Å². The van der Waals surface area contributed by atoms with E-state index in [4.69, 9.17) is 0 Å². The van der Waals surface area contributed by atoms with E-state index >= 15 is 0 Å². The highest BCUT2D eigenvalue weighted by Gasteiger charge is 2.17. The van der Waals surface area contributed by atoms with Crippen LogP contribution in [0.15, 0.2) is 6.33 Å². The first-order chi connectivity index (χ1) is 12.1. The quantitative estimate of drug-likeness (QED) is 0.743. The predicted molar refractivity (Wildman–Crippen MR) is 101 cm³/mol. The summed E-state index contributed by atoms with van der Waals surface area (Å²) in [7, 11) is 4.09. The van der Waals surface area contributed by atoms with Crippen LogP contribution < -0.4 is 0 Å². The molecule has 6 heteroatoms. The molecule has 0 unspecified atom stereocenters. The number of amides is 1. The normalized spacial score (nSPS) is 16.2. The number of hydrogen-bond donors (Lipinski definition) is 1. The molecule has 0 aliphatic carbocycles. The van der Waals surface area contributed by atoms with Crippen LogP contribution in [0.5, 0.6) is 0 Å². The monoisotopic (exact) mass is 349 g/mol. The first kappa shape index (κ1) is 19.9. The van der Waals surface area contributed by atoms with Crippen LogP contribution >= 0.6 is 0 Å². The zero-order valence-electron chi connectivity index (χ0n) is 16.3. The van der Waals surface area contributed by atoms with Crippen LogP contribution in [0.2, 0.25) is 0 Å². The Kier molecular flexibility index (Phi) is 8.41. The van der Waals surface area contributed by atoms with Gasteiger partial charge in [0.1, 0.15) is 0 Å². The van der Waals surface area contributed by atoms with Gasteiger partial charge in [0.2, 0.25) is 5.91 Å². The van der Waals surface area contributed by atoms with Gasteiger partial charge in [0.25, 0.3) is 0 Å². The maximum Gasteiger partial charge on any atom is 0.223 e. The number of rotatable bonds is 9. The predicted octanol–water partition coefficient (Wildman–Crippen LogP) is 2.26. The van der Waals surface area contributed by atoms with Gasteiger partial charge in [0.05, 0.1) is 18.6 Å². The number of likely N-dealkylation sites (N-methyl/N-ethyl adjacent to an activating group) is 1. The molecule has 1 aliphatic heterocycles. The highest BCUT2D eigenvalue weighted by atomic mass is 16.2. The van der Waals surface area contributed by atoms with Gasteiger partial charge in [0.15, 0.2) is 0 Å². The van der Waals surface area contributed by atoms with Gasteiger partial charge in [-0.25, -0.2) is 4.98 Å². The van der Waals surface area contributed by atoms with E-state index in [9.17, 15) is 4.79 Å². The van der Waals surface area contributed by atoms with Gasteiger partial charge in [-0.2, -0.15) is 0 Å². The third-order valence-electron chi connectivity index (χ3n) is 5.01. The second kappa shape index (κ2) is 10.6. The molecule has 1 amide bonds. The summed E-state index contributed by atoms with van der Waals surface area (Å²) in [6.07, 6.45) is 8.62. The molecule has 0 atom stereocenters. The van der Waals surface area contributed by atoms with Crippen LogP contribution in [0, 0.1) is 6.92 Å². The summed E-state index contributed by atoms with van der Waals surface area (Å²) in [5, 5.41) is 0. The van der Waals surface area contributed by atoms with E-state index in [2.05, 4.69) is 19.8 Å². The molecule has 1 fully saturated rings. The van der Waals surface area contributed by atoms with Crippen molar-refractivity contribution in [3.8, 4) is 0 Å². The van der Waals surface area contributed by atoms with Crippen molar-refractivity contribution >= 4 is 5.91 Å². The Morgan fingerprint density at radius 2 is 1.92 bits per heavy atom. The molecule has 6 nitrogen and oxygen atoms in total. The van der Waals surface area contributed by atoms with Gasteiger partial charge in [-0.3, -0.25) is 4.79 Å². The molecule has 1 N–H and O–H groups in total. The average molecular weight is 350 g/mol. The SMILES string of the molecule is Cc1[nH]cnc1CN(CCN(C)C)C(=O)CCCN1CCCCCC1. The Morgan fingerprint density at radius 1 is 1.20 bits per heavy atom. The Balaban J connectivity index is 1.82. The summed E-state index contributed by atoms with van der Waals surface area (Å²) >= 11 is 0. The minimum atomic E-state index is 0.249. The second-order valence-corrected chi connectivity index (χ2v) is 7.45. The zero-order chi connectivity index (χ0) is 18.1. The Labute approximate surface area is 152 Å². The maximum atomic E-state index is 12.8. The lowest BCUT2D eigenvalue weighted by Gasteiger charge is -2.25. The van der Waals surface area contributed by atoms with Crippen LogP contribution in [0.4, 0.5) is 0 Å². The van der Waals surface area contributed by atoms with E-state index in [1.165, 1.54) is 38.8 Å². The smallest absolute Gasteiger partial charge is 0.223 e. The Hall–Kier alpha value is -1.40. The van der Waals surface area contributed by atoms with Crippen molar-refractivity contribution in [3.05, 3.63) is 17.7 Å². The molecule has 25 heavy (non-hydrogen) atoms. The zero-order valence-corrected chi connectivity index (χ0v) is 16.3. The van der Waals surface area contributed by atoms with E-state index < -0.39 is 0 Å². The molecule has 0 spiro atoms. The molecule has 142 valence electrons. The fourth-order valence-corrected chi connectivity index (χ4v) is 3.31. The van der Waals surface area contributed by atoms with Gasteiger partial charge in [-0.05, 0) is 59.9 Å². The number of nitrogens with zero attached hydrogens (tertiary/aromatic N) is 4. The van der Waals surface area contributed by atoms with Gasteiger partial charge in [-0.1, -0.05) is 12.8 Å². The molecule has 2 rings (SSSR count). The fourth-order valence-electron chi connectivity index (χ4n) is 3.31. The van der Waals surface area contributed by atoms with Crippen molar-refractivity contribution in [1.82, 2.24) is 24.7 Å². The van der Waals surface area contributed by atoms with E-state index in [0.29, 0.717) is 13.0 Å². The van der Waals surface area contributed by atoms with E-state index in [1.54, 1.807) is 6.33 Å². The number of hydrogen-bond acceptors (Lipinski definition) is 4. The van der Waals surface area contributed by atoms with Gasteiger partial charge in [0, 0.05) is 25.2 Å². The molecule has 1 aliphatic rings. The van der Waals surface area contributed by atoms with Gasteiger partial charge in [-0.15, -0.1) is 0 Å². The molecular weight excluding hydrogens is 314 g/mol. The largest absolute Gasteiger partial charge is 0.348 e. The highest BCUT2D eigenvalue weighted by Crippen LogP contribution is 2.12. The standard InChI is InChI=1S/C19H35N5O/c1-17-18(21-16-20-17)15-24(14-13-22(2)3)19(25)9-8-12-23-10-6-4-5-7-11-23/h16H,4-15H2,1-3H3,(H,20,21). The minimum absolute atomic E-state index is 0.249. The molecular formula is C19H35N5O. The molecule has 2 heterocycles. The summed E-state index contributed by atoms with van der Waals surface area (Å²) < 4.78 is 0. The molecule has 0 bridgehead atoms. The van der Waals surface area contributed by atoms with Gasteiger partial charge >= 0.3 is 0 Å². The number of carbonyl (C=O) groups excluding carboxylic acids is 1. The minimum Gasteiger partial charge on any atom is -0.348 e. The van der Waals surface area contributed by atoms with Crippen molar-refractivity contribution in [2.75, 3.05) is 46.8 Å². The fraction of sp³-hybridized carbons (Fsp3) is 0.789. The van der Waals surface area contributed by atoms with Crippen LogP contribution in [0.25, 0.3) is 0 Å². The van der Waals surface area contributed by atoms with Crippen LogP contribution in [-0.2, 0) is 11.3 Å². The summed E-state index contributed by atoms with van der Waals surface area (Å²) in [5.41, 5.74) is 2.02. The molecule has 0 saturated carbocycles. The molecule has 1 saturated heterocycles. The third-order valence-corrected chi connectivity index (χ3v) is 5.01. The number of imidazole rings is 1. The number of aromatic amines is 1. The number of aryl methyl sites for hydroxylation is 1. The van der Waals surface area contributed by atoms with Crippen LogP contribution in [-0.4, -0.2) is 77.4 Å². The Morgan fingerprint density at radius 3 is 2.52 bits per heavy atom. The first-order valence-corrected chi connectivity index (χ1v) is 9.70. The molecule has 0 aromatic carbocycles. The molecule has 1 aromatic rings. The van der Waals surface area contributed by atoms with Crippen molar-refractivity contribution in [1.29, 1.82) is 0 Å². The van der Waals surface area contributed by atoms with Gasteiger partial charge < -0.3 is 19.7 Å². The van der Waals surface area contributed by atoms with Crippen molar-refractivity contribution in [2.45, 2.75) is 52.0 Å². The van der Waals surface area contributed by atoms with E-state index in [0.717, 1.165) is 37.4 Å². The number of carbonyl (C=O) groups is 1. The van der Waals surface area contributed by atoms with Crippen LogP contribution in [0.3, 0.4) is 0 Å². The van der Waals surface area contributed by atoms with Crippen LogP contribution in [0.1, 0.15) is 49.9 Å².